The van der Waals surface area contributed by atoms with Gasteiger partial charge in [0.25, 0.3) is 0 Å². The summed E-state index contributed by atoms with van der Waals surface area (Å²) in [6, 6.07) is 0. The van der Waals surface area contributed by atoms with Gasteiger partial charge < -0.3 is 19.1 Å². The van der Waals surface area contributed by atoms with Crippen molar-refractivity contribution in [2.24, 2.45) is 11.8 Å². The average Bonchev–Trinajstić information content (AvgIpc) is 3.23. The molecule has 6 heteroatoms. The van der Waals surface area contributed by atoms with Crippen LogP contribution in [0.3, 0.4) is 0 Å². The molecule has 0 aliphatic carbocycles. The van der Waals surface area contributed by atoms with Gasteiger partial charge in [-0.3, -0.25) is 9.59 Å². The normalized spacial score (nSPS) is 42.2. The van der Waals surface area contributed by atoms with Crippen molar-refractivity contribution < 1.29 is 23.8 Å². The van der Waals surface area contributed by atoms with E-state index in [1.165, 1.54) is 0 Å². The average molecular weight is 307 g/mol. The van der Waals surface area contributed by atoms with Crippen molar-refractivity contribution in [3.05, 3.63) is 12.2 Å². The number of carbonyl (C=O) groups is 2. The zero-order chi connectivity index (χ0) is 15.3. The SMILES string of the molecule is CCOC(=O)[C@H]1[C@@H]2C=C[C@]3(CN(C[C@H]4CCCO4)C(=O)[C@H]13)O2. The van der Waals surface area contributed by atoms with E-state index >= 15 is 0 Å². The van der Waals surface area contributed by atoms with Gasteiger partial charge in [-0.2, -0.15) is 0 Å². The van der Waals surface area contributed by atoms with Crippen LogP contribution in [-0.2, 0) is 23.8 Å². The summed E-state index contributed by atoms with van der Waals surface area (Å²) in [5.41, 5.74) is -0.641. The number of hydrogen-bond donors (Lipinski definition) is 0. The molecule has 0 N–H and O–H groups in total. The number of fused-ring (bicyclic) bond motifs is 1. The number of esters is 1. The number of ether oxygens (including phenoxy) is 3. The molecule has 0 aromatic rings. The second-order valence-electron chi connectivity index (χ2n) is 6.51. The highest BCUT2D eigenvalue weighted by Crippen LogP contribution is 2.52. The Bertz CT molecular complexity index is 527. The summed E-state index contributed by atoms with van der Waals surface area (Å²) in [6.45, 7) is 3.97. The smallest absolute Gasteiger partial charge is 0.312 e. The lowest BCUT2D eigenvalue weighted by Gasteiger charge is -2.23. The topological polar surface area (TPSA) is 65.1 Å². The van der Waals surface area contributed by atoms with Gasteiger partial charge in [-0.1, -0.05) is 12.2 Å². The third-order valence-corrected chi connectivity index (χ3v) is 5.19. The van der Waals surface area contributed by atoms with Gasteiger partial charge in [0.15, 0.2) is 0 Å². The van der Waals surface area contributed by atoms with Crippen molar-refractivity contribution in [1.82, 2.24) is 4.90 Å². The second-order valence-corrected chi connectivity index (χ2v) is 6.51. The second kappa shape index (κ2) is 5.06. The van der Waals surface area contributed by atoms with E-state index in [0.29, 0.717) is 19.7 Å². The Morgan fingerprint density at radius 2 is 2.41 bits per heavy atom. The van der Waals surface area contributed by atoms with E-state index in [1.54, 1.807) is 11.8 Å². The van der Waals surface area contributed by atoms with Crippen LogP contribution in [0.15, 0.2) is 12.2 Å². The monoisotopic (exact) mass is 307 g/mol. The van der Waals surface area contributed by atoms with E-state index in [0.717, 1.165) is 19.4 Å². The number of likely N-dealkylation sites (tertiary alicyclic amines) is 1. The molecule has 0 saturated carbocycles. The first-order valence-corrected chi connectivity index (χ1v) is 8.09. The molecule has 4 heterocycles. The molecule has 4 aliphatic heterocycles. The Kier molecular flexibility index (Phi) is 3.27. The van der Waals surface area contributed by atoms with Crippen LogP contribution in [0.25, 0.3) is 0 Å². The lowest BCUT2D eigenvalue weighted by molar-refractivity contribution is -0.153. The fourth-order valence-electron chi connectivity index (χ4n) is 4.27. The lowest BCUT2D eigenvalue weighted by Crippen LogP contribution is -2.40. The molecule has 1 amide bonds. The standard InChI is InChI=1S/C16H21NO5/c1-2-20-15(19)12-11-5-6-16(22-11)9-17(14(18)13(12)16)8-10-4-3-7-21-10/h5-6,10-13H,2-4,7-9H2,1H3/t10-,11+,12+,13+,16-/m1/s1. The molecule has 3 saturated heterocycles. The summed E-state index contributed by atoms with van der Waals surface area (Å²) >= 11 is 0. The summed E-state index contributed by atoms with van der Waals surface area (Å²) in [5.74, 6) is -1.27. The Morgan fingerprint density at radius 3 is 3.14 bits per heavy atom. The lowest BCUT2D eigenvalue weighted by atomic mass is 9.77. The van der Waals surface area contributed by atoms with Gasteiger partial charge in [-0.15, -0.1) is 0 Å². The van der Waals surface area contributed by atoms with Crippen molar-refractivity contribution in [3.63, 3.8) is 0 Å². The summed E-state index contributed by atoms with van der Waals surface area (Å²) in [4.78, 5) is 26.9. The quantitative estimate of drug-likeness (QED) is 0.559. The van der Waals surface area contributed by atoms with Crippen molar-refractivity contribution in [1.29, 1.82) is 0 Å². The van der Waals surface area contributed by atoms with Crippen LogP contribution in [0, 0.1) is 11.8 Å². The summed E-state index contributed by atoms with van der Waals surface area (Å²) in [6.07, 6.45) is 5.69. The van der Waals surface area contributed by atoms with Gasteiger partial charge in [0.2, 0.25) is 5.91 Å². The first-order valence-electron chi connectivity index (χ1n) is 8.09. The van der Waals surface area contributed by atoms with Crippen LogP contribution in [0.4, 0.5) is 0 Å². The van der Waals surface area contributed by atoms with E-state index in [-0.39, 0.29) is 24.1 Å². The van der Waals surface area contributed by atoms with Crippen molar-refractivity contribution in [2.45, 2.75) is 37.6 Å². The number of carbonyl (C=O) groups excluding carboxylic acids is 2. The number of rotatable bonds is 4. The Morgan fingerprint density at radius 1 is 1.55 bits per heavy atom. The van der Waals surface area contributed by atoms with E-state index < -0.39 is 17.4 Å². The Balaban J connectivity index is 1.55. The predicted molar refractivity (Wildman–Crippen MR) is 75.9 cm³/mol. The molecule has 5 atom stereocenters. The van der Waals surface area contributed by atoms with E-state index in [2.05, 4.69) is 0 Å². The number of nitrogens with zero attached hydrogens (tertiary/aromatic N) is 1. The highest BCUT2D eigenvalue weighted by atomic mass is 16.6. The molecule has 120 valence electrons. The highest BCUT2D eigenvalue weighted by Gasteiger charge is 2.67. The van der Waals surface area contributed by atoms with Crippen molar-refractivity contribution in [3.8, 4) is 0 Å². The molecule has 0 unspecified atom stereocenters. The zero-order valence-electron chi connectivity index (χ0n) is 12.7. The third kappa shape index (κ3) is 1.93. The summed E-state index contributed by atoms with van der Waals surface area (Å²) in [7, 11) is 0. The van der Waals surface area contributed by atoms with Crippen LogP contribution < -0.4 is 0 Å². The molecule has 0 radical (unpaired) electrons. The van der Waals surface area contributed by atoms with Crippen molar-refractivity contribution >= 4 is 11.9 Å². The minimum absolute atomic E-state index is 0.000373. The summed E-state index contributed by atoms with van der Waals surface area (Å²) in [5, 5.41) is 0. The van der Waals surface area contributed by atoms with E-state index in [4.69, 9.17) is 14.2 Å². The fourth-order valence-corrected chi connectivity index (χ4v) is 4.27. The molecule has 1 spiro atoms. The van der Waals surface area contributed by atoms with Gasteiger partial charge in [0, 0.05) is 13.2 Å². The zero-order valence-corrected chi connectivity index (χ0v) is 12.7. The summed E-state index contributed by atoms with van der Waals surface area (Å²) < 4.78 is 16.8. The molecule has 3 fully saturated rings. The van der Waals surface area contributed by atoms with Crippen LogP contribution >= 0.6 is 0 Å². The van der Waals surface area contributed by atoms with Gasteiger partial charge in [0.05, 0.1) is 31.3 Å². The minimum Gasteiger partial charge on any atom is -0.466 e. The molecule has 6 nitrogen and oxygen atoms in total. The number of amides is 1. The van der Waals surface area contributed by atoms with Crippen LogP contribution in [-0.4, -0.2) is 60.9 Å². The molecule has 0 aromatic heterocycles. The molecule has 4 aliphatic rings. The van der Waals surface area contributed by atoms with Gasteiger partial charge >= 0.3 is 5.97 Å². The minimum atomic E-state index is -0.641. The highest BCUT2D eigenvalue weighted by molar-refractivity contribution is 5.91. The molecular weight excluding hydrogens is 286 g/mol. The Labute approximate surface area is 129 Å². The van der Waals surface area contributed by atoms with Gasteiger partial charge in [0.1, 0.15) is 11.5 Å². The maximum absolute atomic E-state index is 12.8. The van der Waals surface area contributed by atoms with E-state index in [1.807, 2.05) is 12.2 Å². The van der Waals surface area contributed by atoms with Gasteiger partial charge in [-0.05, 0) is 19.8 Å². The first-order chi connectivity index (χ1) is 10.6. The predicted octanol–water partition coefficient (Wildman–Crippen LogP) is 0.510. The van der Waals surface area contributed by atoms with E-state index in [9.17, 15) is 9.59 Å². The maximum Gasteiger partial charge on any atom is 0.312 e. The molecule has 22 heavy (non-hydrogen) atoms. The third-order valence-electron chi connectivity index (χ3n) is 5.19. The van der Waals surface area contributed by atoms with Crippen molar-refractivity contribution in [2.75, 3.05) is 26.3 Å². The fraction of sp³-hybridized carbons (Fsp3) is 0.750. The van der Waals surface area contributed by atoms with Crippen LogP contribution in [0.2, 0.25) is 0 Å². The van der Waals surface area contributed by atoms with Gasteiger partial charge in [-0.25, -0.2) is 0 Å². The maximum atomic E-state index is 12.8. The molecular formula is C16H21NO5. The molecule has 4 rings (SSSR count). The van der Waals surface area contributed by atoms with Crippen LogP contribution in [0.1, 0.15) is 19.8 Å². The Hall–Kier alpha value is -1.40. The molecule has 2 bridgehead atoms. The first kappa shape index (κ1) is 14.2. The largest absolute Gasteiger partial charge is 0.466 e. The molecule has 0 aromatic carbocycles. The number of hydrogen-bond acceptors (Lipinski definition) is 5. The van der Waals surface area contributed by atoms with Crippen LogP contribution in [0.5, 0.6) is 0 Å².